The fraction of sp³-hybridized carbons (Fsp3) is 0.889. The van der Waals surface area contributed by atoms with Crippen molar-refractivity contribution in [3.8, 4) is 0 Å². The molecule has 3 nitrogen and oxygen atoms in total. The van der Waals surface area contributed by atoms with Crippen molar-refractivity contribution in [3.63, 3.8) is 0 Å². The van der Waals surface area contributed by atoms with Crippen LogP contribution in [0.15, 0.2) is 0 Å². The van der Waals surface area contributed by atoms with Crippen molar-refractivity contribution in [1.82, 2.24) is 4.90 Å². The number of hydrogen-bond acceptors (Lipinski definition) is 3. The van der Waals surface area contributed by atoms with Crippen molar-refractivity contribution >= 4 is 17.7 Å². The molecule has 0 aromatic carbocycles. The van der Waals surface area contributed by atoms with Gasteiger partial charge in [0.2, 0.25) is 0 Å². The normalized spacial score (nSPS) is 40.2. The molecule has 0 spiro atoms. The highest BCUT2D eigenvalue weighted by atomic mass is 32.2. The first-order valence-electron chi connectivity index (χ1n) is 4.71. The molecule has 0 saturated carbocycles. The van der Waals surface area contributed by atoms with Crippen LogP contribution in [-0.2, 0) is 4.79 Å². The molecule has 0 bridgehead atoms. The fourth-order valence-corrected chi connectivity index (χ4v) is 4.03. The number of aliphatic carboxylic acids is 1. The van der Waals surface area contributed by atoms with Crippen LogP contribution in [0.5, 0.6) is 0 Å². The summed E-state index contributed by atoms with van der Waals surface area (Å²) in [5.74, 6) is 1.86. The number of carboxylic acid groups (broad SMARTS) is 1. The summed E-state index contributed by atoms with van der Waals surface area (Å²) in [5.41, 5.74) is 0. The second-order valence-electron chi connectivity index (χ2n) is 3.98. The Hall–Kier alpha value is -0.220. The van der Waals surface area contributed by atoms with E-state index in [0.717, 1.165) is 24.5 Å². The van der Waals surface area contributed by atoms with Crippen molar-refractivity contribution in [2.75, 3.05) is 25.1 Å². The van der Waals surface area contributed by atoms with E-state index in [9.17, 15) is 4.79 Å². The minimum Gasteiger partial charge on any atom is -0.481 e. The Morgan fingerprint density at radius 2 is 2.31 bits per heavy atom. The van der Waals surface area contributed by atoms with Gasteiger partial charge < -0.3 is 10.0 Å². The summed E-state index contributed by atoms with van der Waals surface area (Å²) in [4.78, 5) is 13.3. The van der Waals surface area contributed by atoms with Gasteiger partial charge in [0.1, 0.15) is 0 Å². The number of nitrogens with zero attached hydrogens (tertiary/aromatic N) is 1. The standard InChI is InChI=1S/C9H15NO2S/c1-10-3-2-6(9(11)12)7-4-13-5-8(7)10/h6-8H,2-5H2,1H3,(H,11,12). The summed E-state index contributed by atoms with van der Waals surface area (Å²) >= 11 is 1.90. The first kappa shape index (κ1) is 9.34. The van der Waals surface area contributed by atoms with Crippen molar-refractivity contribution < 1.29 is 9.90 Å². The summed E-state index contributed by atoms with van der Waals surface area (Å²) in [7, 11) is 2.11. The summed E-state index contributed by atoms with van der Waals surface area (Å²) in [6.07, 6.45) is 0.827. The van der Waals surface area contributed by atoms with Gasteiger partial charge in [0, 0.05) is 11.8 Å². The molecule has 2 heterocycles. The molecule has 74 valence electrons. The van der Waals surface area contributed by atoms with Gasteiger partial charge >= 0.3 is 5.97 Å². The molecule has 0 radical (unpaired) electrons. The lowest BCUT2D eigenvalue weighted by molar-refractivity contribution is -0.146. The number of thioether (sulfide) groups is 1. The van der Waals surface area contributed by atoms with Crippen LogP contribution in [0.4, 0.5) is 0 Å². The first-order chi connectivity index (χ1) is 6.20. The molecule has 0 aliphatic carbocycles. The highest BCUT2D eigenvalue weighted by molar-refractivity contribution is 7.99. The zero-order chi connectivity index (χ0) is 9.42. The van der Waals surface area contributed by atoms with E-state index >= 15 is 0 Å². The minimum absolute atomic E-state index is 0.0869. The van der Waals surface area contributed by atoms with E-state index in [2.05, 4.69) is 11.9 Å². The minimum atomic E-state index is -0.592. The average Bonchev–Trinajstić information content (AvgIpc) is 2.53. The Kier molecular flexibility index (Phi) is 2.51. The van der Waals surface area contributed by atoms with Crippen LogP contribution in [0.25, 0.3) is 0 Å². The number of likely N-dealkylation sites (tertiary alicyclic amines) is 1. The fourth-order valence-electron chi connectivity index (χ4n) is 2.43. The number of piperidine rings is 1. The van der Waals surface area contributed by atoms with E-state index in [0.29, 0.717) is 12.0 Å². The lowest BCUT2D eigenvalue weighted by Gasteiger charge is -2.37. The Balaban J connectivity index is 2.12. The number of hydrogen-bond donors (Lipinski definition) is 1. The van der Waals surface area contributed by atoms with Gasteiger partial charge in [0.25, 0.3) is 0 Å². The van der Waals surface area contributed by atoms with Crippen LogP contribution < -0.4 is 0 Å². The molecule has 2 fully saturated rings. The molecule has 3 unspecified atom stereocenters. The van der Waals surface area contributed by atoms with Gasteiger partial charge in [-0.25, -0.2) is 0 Å². The molecule has 2 aliphatic heterocycles. The molecule has 2 aliphatic rings. The van der Waals surface area contributed by atoms with Crippen LogP contribution in [0, 0.1) is 11.8 Å². The second-order valence-corrected chi connectivity index (χ2v) is 5.06. The molecule has 3 atom stereocenters. The summed E-state index contributed by atoms with van der Waals surface area (Å²) in [6.45, 7) is 0.943. The third kappa shape index (κ3) is 1.57. The number of carbonyl (C=O) groups is 1. The lowest BCUT2D eigenvalue weighted by Crippen LogP contribution is -2.48. The van der Waals surface area contributed by atoms with Crippen molar-refractivity contribution in [3.05, 3.63) is 0 Å². The van der Waals surface area contributed by atoms with Gasteiger partial charge in [0.15, 0.2) is 0 Å². The molecule has 13 heavy (non-hydrogen) atoms. The van der Waals surface area contributed by atoms with Gasteiger partial charge in [-0.15, -0.1) is 0 Å². The smallest absolute Gasteiger partial charge is 0.306 e. The molecule has 0 aromatic rings. The Morgan fingerprint density at radius 3 is 3.00 bits per heavy atom. The van der Waals surface area contributed by atoms with Crippen molar-refractivity contribution in [1.29, 1.82) is 0 Å². The van der Waals surface area contributed by atoms with Crippen molar-refractivity contribution in [2.45, 2.75) is 12.5 Å². The molecule has 1 N–H and O–H groups in total. The number of carboxylic acids is 1. The maximum Gasteiger partial charge on any atom is 0.306 e. The second kappa shape index (κ2) is 3.50. The SMILES string of the molecule is CN1CCC(C(=O)O)C2CSCC21. The third-order valence-corrected chi connectivity index (χ3v) is 4.48. The van der Waals surface area contributed by atoms with Crippen molar-refractivity contribution in [2.24, 2.45) is 11.8 Å². The molecular weight excluding hydrogens is 186 g/mol. The molecule has 2 rings (SSSR count). The van der Waals surface area contributed by atoms with Crippen LogP contribution >= 0.6 is 11.8 Å². The van der Waals surface area contributed by atoms with Crippen LogP contribution in [0.3, 0.4) is 0 Å². The highest BCUT2D eigenvalue weighted by Gasteiger charge is 2.42. The lowest BCUT2D eigenvalue weighted by atomic mass is 9.82. The molecular formula is C9H15NO2S. The Bertz CT molecular complexity index is 222. The number of rotatable bonds is 1. The quantitative estimate of drug-likeness (QED) is 0.680. The molecule has 0 amide bonds. The Labute approximate surface area is 82.5 Å². The monoisotopic (exact) mass is 201 g/mol. The first-order valence-corrected chi connectivity index (χ1v) is 5.86. The largest absolute Gasteiger partial charge is 0.481 e. The number of fused-ring (bicyclic) bond motifs is 1. The van der Waals surface area contributed by atoms with E-state index in [-0.39, 0.29) is 5.92 Å². The predicted octanol–water partition coefficient (Wildman–Crippen LogP) is 0.754. The third-order valence-electron chi connectivity index (χ3n) is 3.29. The zero-order valence-electron chi connectivity index (χ0n) is 7.77. The van der Waals surface area contributed by atoms with Crippen LogP contribution in [-0.4, -0.2) is 47.1 Å². The van der Waals surface area contributed by atoms with E-state index in [4.69, 9.17) is 5.11 Å². The Morgan fingerprint density at radius 1 is 1.54 bits per heavy atom. The topological polar surface area (TPSA) is 40.5 Å². The van der Waals surface area contributed by atoms with Crippen LogP contribution in [0.1, 0.15) is 6.42 Å². The average molecular weight is 201 g/mol. The van der Waals surface area contributed by atoms with E-state index in [1.807, 2.05) is 11.8 Å². The predicted molar refractivity (Wildman–Crippen MR) is 53.0 cm³/mol. The van der Waals surface area contributed by atoms with Gasteiger partial charge in [-0.1, -0.05) is 0 Å². The van der Waals surface area contributed by atoms with E-state index < -0.39 is 5.97 Å². The molecule has 4 heteroatoms. The zero-order valence-corrected chi connectivity index (χ0v) is 8.59. The highest BCUT2D eigenvalue weighted by Crippen LogP contribution is 2.38. The maximum atomic E-state index is 11.0. The maximum absolute atomic E-state index is 11.0. The van der Waals surface area contributed by atoms with Gasteiger partial charge in [-0.3, -0.25) is 4.79 Å². The summed E-state index contributed by atoms with van der Waals surface area (Å²) in [5, 5.41) is 9.04. The van der Waals surface area contributed by atoms with Gasteiger partial charge in [0.05, 0.1) is 5.92 Å². The molecule has 0 aromatic heterocycles. The summed E-state index contributed by atoms with van der Waals surface area (Å²) < 4.78 is 0. The summed E-state index contributed by atoms with van der Waals surface area (Å²) in [6, 6.07) is 0.514. The van der Waals surface area contributed by atoms with Crippen LogP contribution in [0.2, 0.25) is 0 Å². The van der Waals surface area contributed by atoms with Gasteiger partial charge in [-0.2, -0.15) is 11.8 Å². The van der Waals surface area contributed by atoms with E-state index in [1.165, 1.54) is 0 Å². The molecule has 2 saturated heterocycles. The van der Waals surface area contributed by atoms with E-state index in [1.54, 1.807) is 0 Å². The van der Waals surface area contributed by atoms with Gasteiger partial charge in [-0.05, 0) is 31.7 Å².